The maximum Gasteiger partial charge on any atom is 0.147 e. The molecule has 0 atom stereocenters. The lowest BCUT2D eigenvalue weighted by atomic mass is 9.74. The van der Waals surface area contributed by atoms with Crippen LogP contribution in [0.25, 0.3) is 0 Å². The number of hydrogen-bond donors (Lipinski definition) is 1. The van der Waals surface area contributed by atoms with Crippen molar-refractivity contribution >= 4 is 9.84 Å². The van der Waals surface area contributed by atoms with Crippen LogP contribution in [0.1, 0.15) is 12.0 Å². The van der Waals surface area contributed by atoms with Crippen molar-refractivity contribution in [1.29, 1.82) is 0 Å². The van der Waals surface area contributed by atoms with E-state index in [1.807, 2.05) is 18.2 Å². The van der Waals surface area contributed by atoms with Crippen LogP contribution in [-0.4, -0.2) is 33.5 Å². The van der Waals surface area contributed by atoms with Crippen molar-refractivity contribution in [2.24, 2.45) is 5.41 Å². The molecule has 94 valence electrons. The predicted octanol–water partition coefficient (Wildman–Crippen LogP) is 1.25. The zero-order chi connectivity index (χ0) is 12.4. The highest BCUT2D eigenvalue weighted by molar-refractivity contribution is 7.90. The van der Waals surface area contributed by atoms with Crippen molar-refractivity contribution in [2.45, 2.75) is 12.8 Å². The van der Waals surface area contributed by atoms with E-state index in [1.165, 1.54) is 11.8 Å². The normalized spacial score (nSPS) is 18.6. The first-order valence-corrected chi connectivity index (χ1v) is 7.98. The molecule has 1 aliphatic heterocycles. The summed E-state index contributed by atoms with van der Waals surface area (Å²) in [5.41, 5.74) is 1.44. The predicted molar refractivity (Wildman–Crippen MR) is 69.8 cm³/mol. The van der Waals surface area contributed by atoms with Gasteiger partial charge in [0.25, 0.3) is 0 Å². The van der Waals surface area contributed by atoms with Crippen LogP contribution in [0.4, 0.5) is 0 Å². The summed E-state index contributed by atoms with van der Waals surface area (Å²) in [5.74, 6) is 0.293. The zero-order valence-corrected chi connectivity index (χ0v) is 11.0. The summed E-state index contributed by atoms with van der Waals surface area (Å²) in [6.07, 6.45) is 3.04. The van der Waals surface area contributed by atoms with Crippen molar-refractivity contribution in [1.82, 2.24) is 5.32 Å². The van der Waals surface area contributed by atoms with Gasteiger partial charge in [-0.2, -0.15) is 0 Å². The summed E-state index contributed by atoms with van der Waals surface area (Å²) in [7, 11) is -2.85. The highest BCUT2D eigenvalue weighted by Gasteiger charge is 2.37. The van der Waals surface area contributed by atoms with Crippen molar-refractivity contribution < 1.29 is 8.42 Å². The summed E-state index contributed by atoms with van der Waals surface area (Å²) in [6, 6.07) is 10.3. The summed E-state index contributed by atoms with van der Waals surface area (Å²) < 4.78 is 22.5. The van der Waals surface area contributed by atoms with Gasteiger partial charge in [-0.1, -0.05) is 30.3 Å². The molecule has 3 nitrogen and oxygen atoms in total. The first-order chi connectivity index (χ1) is 7.99. The minimum Gasteiger partial charge on any atom is -0.316 e. The van der Waals surface area contributed by atoms with Gasteiger partial charge in [-0.15, -0.1) is 0 Å². The molecular weight excluding hydrogens is 234 g/mol. The van der Waals surface area contributed by atoms with E-state index in [0.29, 0.717) is 5.75 Å². The minimum atomic E-state index is -2.85. The quantitative estimate of drug-likeness (QED) is 0.859. The second-order valence-electron chi connectivity index (χ2n) is 5.15. The van der Waals surface area contributed by atoms with Crippen molar-refractivity contribution in [3.63, 3.8) is 0 Å². The molecule has 1 aromatic rings. The molecule has 1 aromatic carbocycles. The lowest BCUT2D eigenvalue weighted by Crippen LogP contribution is -2.55. The van der Waals surface area contributed by atoms with E-state index in [-0.39, 0.29) is 5.41 Å². The van der Waals surface area contributed by atoms with Crippen molar-refractivity contribution in [3.05, 3.63) is 35.9 Å². The average Bonchev–Trinajstić information content (AvgIpc) is 2.22. The molecule has 1 aliphatic rings. The molecule has 0 spiro atoms. The van der Waals surface area contributed by atoms with Gasteiger partial charge < -0.3 is 5.32 Å². The second kappa shape index (κ2) is 4.78. The highest BCUT2D eigenvalue weighted by atomic mass is 32.2. The molecule has 0 unspecified atom stereocenters. The molecule has 2 rings (SSSR count). The molecule has 0 amide bonds. The average molecular weight is 253 g/mol. The van der Waals surface area contributed by atoms with E-state index in [0.717, 1.165) is 25.9 Å². The van der Waals surface area contributed by atoms with E-state index < -0.39 is 9.84 Å². The van der Waals surface area contributed by atoms with E-state index in [4.69, 9.17) is 0 Å². The van der Waals surface area contributed by atoms with E-state index in [1.54, 1.807) is 0 Å². The van der Waals surface area contributed by atoms with Gasteiger partial charge in [0.05, 0.1) is 5.75 Å². The topological polar surface area (TPSA) is 46.2 Å². The van der Waals surface area contributed by atoms with Crippen LogP contribution in [0.5, 0.6) is 0 Å². The lowest BCUT2D eigenvalue weighted by molar-refractivity contribution is 0.161. The minimum absolute atomic E-state index is 0.143. The van der Waals surface area contributed by atoms with Crippen LogP contribution < -0.4 is 5.32 Å². The molecule has 17 heavy (non-hydrogen) atoms. The Labute approximate surface area is 103 Å². The molecule has 0 bridgehead atoms. The Hall–Kier alpha value is -0.870. The molecule has 0 aromatic heterocycles. The van der Waals surface area contributed by atoms with Gasteiger partial charge >= 0.3 is 0 Å². The Bertz CT molecular complexity index is 463. The van der Waals surface area contributed by atoms with E-state index in [9.17, 15) is 8.42 Å². The molecule has 0 aliphatic carbocycles. The Kier molecular flexibility index (Phi) is 3.54. The molecule has 1 saturated heterocycles. The molecule has 0 saturated carbocycles. The summed E-state index contributed by atoms with van der Waals surface area (Å²) >= 11 is 0. The number of sulfone groups is 1. The van der Waals surface area contributed by atoms with E-state index in [2.05, 4.69) is 17.4 Å². The van der Waals surface area contributed by atoms with Crippen LogP contribution in [0.15, 0.2) is 30.3 Å². The van der Waals surface area contributed by atoms with Gasteiger partial charge in [-0.3, -0.25) is 0 Å². The Morgan fingerprint density at radius 3 is 2.35 bits per heavy atom. The van der Waals surface area contributed by atoms with Gasteiger partial charge in [0.2, 0.25) is 0 Å². The van der Waals surface area contributed by atoms with Crippen LogP contribution in [-0.2, 0) is 16.3 Å². The van der Waals surface area contributed by atoms with Crippen LogP contribution in [0.2, 0.25) is 0 Å². The van der Waals surface area contributed by atoms with Gasteiger partial charge in [-0.05, 0) is 18.4 Å². The summed E-state index contributed by atoms with van der Waals surface area (Å²) in [6.45, 7) is 1.86. The van der Waals surface area contributed by atoms with Gasteiger partial charge in [0.1, 0.15) is 9.84 Å². The van der Waals surface area contributed by atoms with Crippen LogP contribution >= 0.6 is 0 Å². The van der Waals surface area contributed by atoms with Crippen molar-refractivity contribution in [3.8, 4) is 0 Å². The van der Waals surface area contributed by atoms with E-state index >= 15 is 0 Å². The summed E-state index contributed by atoms with van der Waals surface area (Å²) in [5, 5.41) is 3.26. The summed E-state index contributed by atoms with van der Waals surface area (Å²) in [4.78, 5) is 0. The third-order valence-electron chi connectivity index (χ3n) is 3.43. The molecule has 1 fully saturated rings. The SMILES string of the molecule is CS(=O)(=O)CCC1(Cc2ccccc2)CNC1. The smallest absolute Gasteiger partial charge is 0.147 e. The maximum atomic E-state index is 11.2. The molecule has 1 N–H and O–H groups in total. The monoisotopic (exact) mass is 253 g/mol. The number of hydrogen-bond acceptors (Lipinski definition) is 3. The zero-order valence-electron chi connectivity index (χ0n) is 10.1. The standard InChI is InChI=1S/C13H19NO2S/c1-17(15,16)8-7-13(10-14-11-13)9-12-5-3-2-4-6-12/h2-6,14H,7-11H2,1H3. The fourth-order valence-electron chi connectivity index (χ4n) is 2.30. The number of benzene rings is 1. The Morgan fingerprint density at radius 2 is 1.88 bits per heavy atom. The highest BCUT2D eigenvalue weighted by Crippen LogP contribution is 2.31. The van der Waals surface area contributed by atoms with Crippen molar-refractivity contribution in [2.75, 3.05) is 25.1 Å². The molecule has 0 radical (unpaired) electrons. The maximum absolute atomic E-state index is 11.2. The first-order valence-electron chi connectivity index (χ1n) is 5.92. The van der Waals surface area contributed by atoms with Crippen LogP contribution in [0.3, 0.4) is 0 Å². The fraction of sp³-hybridized carbons (Fsp3) is 0.538. The Balaban J connectivity index is 2.00. The van der Waals surface area contributed by atoms with Gasteiger partial charge in [-0.25, -0.2) is 8.42 Å². The third kappa shape index (κ3) is 3.54. The largest absolute Gasteiger partial charge is 0.316 e. The lowest BCUT2D eigenvalue weighted by Gasteiger charge is -2.43. The van der Waals surface area contributed by atoms with Gasteiger partial charge in [0.15, 0.2) is 0 Å². The van der Waals surface area contributed by atoms with Gasteiger partial charge in [0, 0.05) is 24.8 Å². The Morgan fingerprint density at radius 1 is 1.24 bits per heavy atom. The number of rotatable bonds is 5. The fourth-order valence-corrected chi connectivity index (χ4v) is 3.10. The molecule has 1 heterocycles. The second-order valence-corrected chi connectivity index (χ2v) is 7.41. The molecule has 4 heteroatoms. The molecular formula is C13H19NO2S. The number of nitrogens with one attached hydrogen (secondary N) is 1. The first kappa shape index (κ1) is 12.6. The van der Waals surface area contributed by atoms with Crippen LogP contribution in [0, 0.1) is 5.41 Å². The third-order valence-corrected chi connectivity index (χ3v) is 4.37.